The summed E-state index contributed by atoms with van der Waals surface area (Å²) >= 11 is 1.36. The Labute approximate surface area is 141 Å². The molecule has 2 aromatic heterocycles. The normalized spacial score (nSPS) is 12.2. The van der Waals surface area contributed by atoms with Crippen LogP contribution in [0.3, 0.4) is 0 Å². The van der Waals surface area contributed by atoms with E-state index < -0.39 is 0 Å². The summed E-state index contributed by atoms with van der Waals surface area (Å²) in [7, 11) is 3.17. The number of para-hydroxylation sites is 3. The van der Waals surface area contributed by atoms with Crippen LogP contribution in [0.2, 0.25) is 0 Å². The molecule has 0 amide bonds. The van der Waals surface area contributed by atoms with Crippen LogP contribution in [0.25, 0.3) is 22.1 Å². The molecule has 2 heterocycles. The number of rotatable bonds is 3. The fourth-order valence-electron chi connectivity index (χ4n) is 2.78. The maximum atomic E-state index is 12.8. The van der Waals surface area contributed by atoms with E-state index in [0.29, 0.717) is 21.0 Å². The highest BCUT2D eigenvalue weighted by molar-refractivity contribution is 7.15. The van der Waals surface area contributed by atoms with Crippen LogP contribution in [0.15, 0.2) is 47.3 Å². The van der Waals surface area contributed by atoms with Crippen LogP contribution < -0.4 is 19.6 Å². The lowest BCUT2D eigenvalue weighted by Crippen LogP contribution is -2.22. The molecule has 0 N–H and O–H groups in total. The molecule has 0 bridgehead atoms. The Morgan fingerprint density at radius 2 is 1.92 bits per heavy atom. The van der Waals surface area contributed by atoms with Crippen LogP contribution in [0.5, 0.6) is 11.5 Å². The van der Waals surface area contributed by atoms with Crippen LogP contribution in [0, 0.1) is 0 Å². The van der Waals surface area contributed by atoms with E-state index in [9.17, 15) is 4.79 Å². The number of methoxy groups -OCH3 is 2. The summed E-state index contributed by atoms with van der Waals surface area (Å²) in [5, 5.41) is 0. The zero-order valence-corrected chi connectivity index (χ0v) is 14.0. The lowest BCUT2D eigenvalue weighted by Gasteiger charge is -2.09. The van der Waals surface area contributed by atoms with Gasteiger partial charge in [-0.1, -0.05) is 35.6 Å². The molecule has 0 aliphatic heterocycles. The topological polar surface area (TPSA) is 52.8 Å². The molecule has 2 aromatic carbocycles. The molecule has 0 unspecified atom stereocenters. The Morgan fingerprint density at radius 1 is 1.08 bits per heavy atom. The van der Waals surface area contributed by atoms with Crippen LogP contribution in [-0.2, 0) is 0 Å². The monoisotopic (exact) mass is 338 g/mol. The Balaban J connectivity index is 1.99. The van der Waals surface area contributed by atoms with Crippen LogP contribution in [0.4, 0.5) is 0 Å². The lowest BCUT2D eigenvalue weighted by atomic mass is 10.2. The number of ether oxygens (including phenoxy) is 2. The van der Waals surface area contributed by atoms with Crippen molar-refractivity contribution in [3.05, 3.63) is 62.9 Å². The van der Waals surface area contributed by atoms with E-state index >= 15 is 0 Å². The SMILES string of the molecule is COc1cccc(/C=c2\sc3nc4ccccc4n3c2=O)c1OC. The van der Waals surface area contributed by atoms with Crippen LogP contribution >= 0.6 is 11.3 Å². The predicted molar refractivity (Wildman–Crippen MR) is 95.2 cm³/mol. The fourth-order valence-corrected chi connectivity index (χ4v) is 3.76. The van der Waals surface area contributed by atoms with Gasteiger partial charge in [-0.15, -0.1) is 0 Å². The summed E-state index contributed by atoms with van der Waals surface area (Å²) in [6, 6.07) is 13.2. The van der Waals surface area contributed by atoms with Gasteiger partial charge in [0.05, 0.1) is 29.8 Å². The number of fused-ring (bicyclic) bond motifs is 3. The van der Waals surface area contributed by atoms with E-state index in [1.807, 2.05) is 48.5 Å². The second-order valence-electron chi connectivity index (χ2n) is 5.22. The zero-order chi connectivity index (χ0) is 16.7. The van der Waals surface area contributed by atoms with Gasteiger partial charge in [-0.3, -0.25) is 4.79 Å². The van der Waals surface area contributed by atoms with Crippen molar-refractivity contribution in [2.75, 3.05) is 14.2 Å². The Morgan fingerprint density at radius 3 is 2.71 bits per heavy atom. The highest BCUT2D eigenvalue weighted by atomic mass is 32.1. The van der Waals surface area contributed by atoms with Crippen molar-refractivity contribution in [1.82, 2.24) is 9.38 Å². The van der Waals surface area contributed by atoms with E-state index in [4.69, 9.17) is 9.47 Å². The number of aromatic nitrogens is 2. The third kappa shape index (κ3) is 2.15. The average Bonchev–Trinajstić information content (AvgIpc) is 3.11. The van der Waals surface area contributed by atoms with Crippen molar-refractivity contribution in [1.29, 1.82) is 0 Å². The maximum Gasteiger partial charge on any atom is 0.274 e. The maximum absolute atomic E-state index is 12.8. The number of thiazole rings is 1. The molecule has 0 radical (unpaired) electrons. The Hall–Kier alpha value is -2.86. The van der Waals surface area contributed by atoms with Gasteiger partial charge in [0, 0.05) is 5.56 Å². The van der Waals surface area contributed by atoms with Crippen molar-refractivity contribution in [3.8, 4) is 11.5 Å². The molecule has 6 heteroatoms. The van der Waals surface area contributed by atoms with Gasteiger partial charge in [-0.25, -0.2) is 9.38 Å². The molecule has 0 atom stereocenters. The molecule has 0 spiro atoms. The van der Waals surface area contributed by atoms with Gasteiger partial charge in [-0.2, -0.15) is 0 Å². The molecule has 0 saturated heterocycles. The summed E-state index contributed by atoms with van der Waals surface area (Å²) in [6.07, 6.45) is 1.82. The van der Waals surface area contributed by atoms with Gasteiger partial charge in [-0.05, 0) is 24.3 Å². The zero-order valence-electron chi connectivity index (χ0n) is 13.1. The smallest absolute Gasteiger partial charge is 0.274 e. The highest BCUT2D eigenvalue weighted by Gasteiger charge is 2.12. The van der Waals surface area contributed by atoms with Gasteiger partial charge in [0.25, 0.3) is 5.56 Å². The molecule has 4 rings (SSSR count). The van der Waals surface area contributed by atoms with Crippen molar-refractivity contribution < 1.29 is 9.47 Å². The number of benzene rings is 2. The van der Waals surface area contributed by atoms with Crippen molar-refractivity contribution >= 4 is 33.4 Å². The predicted octanol–water partition coefficient (Wildman–Crippen LogP) is 2.47. The molecule has 5 nitrogen and oxygen atoms in total. The molecular weight excluding hydrogens is 324 g/mol. The molecule has 4 aromatic rings. The summed E-state index contributed by atoms with van der Waals surface area (Å²) in [4.78, 5) is 18.0. The van der Waals surface area contributed by atoms with Crippen molar-refractivity contribution in [2.24, 2.45) is 0 Å². The second-order valence-corrected chi connectivity index (χ2v) is 6.23. The number of imidazole rings is 1. The largest absolute Gasteiger partial charge is 0.493 e. The minimum absolute atomic E-state index is 0.0754. The lowest BCUT2D eigenvalue weighted by molar-refractivity contribution is 0.354. The average molecular weight is 338 g/mol. The summed E-state index contributed by atoms with van der Waals surface area (Å²) in [5.74, 6) is 1.24. The van der Waals surface area contributed by atoms with E-state index in [0.717, 1.165) is 16.6 Å². The van der Waals surface area contributed by atoms with E-state index in [2.05, 4.69) is 4.98 Å². The van der Waals surface area contributed by atoms with Gasteiger partial charge >= 0.3 is 0 Å². The fraction of sp³-hybridized carbons (Fsp3) is 0.111. The number of hydrogen-bond donors (Lipinski definition) is 0. The van der Waals surface area contributed by atoms with E-state index in [-0.39, 0.29) is 5.56 Å². The van der Waals surface area contributed by atoms with Gasteiger partial charge in [0.1, 0.15) is 0 Å². The third-order valence-electron chi connectivity index (χ3n) is 3.87. The Bertz CT molecular complexity index is 1160. The second kappa shape index (κ2) is 5.65. The summed E-state index contributed by atoms with van der Waals surface area (Å²) in [5.41, 5.74) is 2.37. The molecule has 0 aliphatic rings. The van der Waals surface area contributed by atoms with E-state index in [1.54, 1.807) is 18.6 Å². The van der Waals surface area contributed by atoms with Crippen LogP contribution in [0.1, 0.15) is 5.56 Å². The molecule has 0 fully saturated rings. The van der Waals surface area contributed by atoms with Gasteiger partial charge < -0.3 is 9.47 Å². The van der Waals surface area contributed by atoms with Crippen molar-refractivity contribution in [3.63, 3.8) is 0 Å². The summed E-state index contributed by atoms with van der Waals surface area (Å²) in [6.45, 7) is 0. The van der Waals surface area contributed by atoms with E-state index in [1.165, 1.54) is 11.3 Å². The van der Waals surface area contributed by atoms with Gasteiger partial charge in [0.2, 0.25) is 0 Å². The Kier molecular flexibility index (Phi) is 3.46. The van der Waals surface area contributed by atoms with Crippen molar-refractivity contribution in [2.45, 2.75) is 0 Å². The highest BCUT2D eigenvalue weighted by Crippen LogP contribution is 2.31. The molecule has 0 aliphatic carbocycles. The quantitative estimate of drug-likeness (QED) is 0.576. The standard InChI is InChI=1S/C18H14N2O3S/c1-22-14-9-5-6-11(16(14)23-2)10-15-17(21)20-13-8-4-3-7-12(13)19-18(20)24-15/h3-10H,1-2H3/b15-10-. The minimum Gasteiger partial charge on any atom is -0.493 e. The molecule has 0 saturated carbocycles. The number of hydrogen-bond acceptors (Lipinski definition) is 5. The van der Waals surface area contributed by atoms with Crippen LogP contribution in [-0.4, -0.2) is 23.6 Å². The minimum atomic E-state index is -0.0754. The first-order valence-corrected chi connectivity index (χ1v) is 8.17. The molecule has 120 valence electrons. The summed E-state index contributed by atoms with van der Waals surface area (Å²) < 4.78 is 13.0. The number of nitrogens with zero attached hydrogens (tertiary/aromatic N) is 2. The first kappa shape index (κ1) is 14.7. The first-order chi connectivity index (χ1) is 11.7. The third-order valence-corrected chi connectivity index (χ3v) is 4.83. The van der Waals surface area contributed by atoms with Gasteiger partial charge in [0.15, 0.2) is 16.5 Å². The first-order valence-electron chi connectivity index (χ1n) is 7.35. The molecule has 24 heavy (non-hydrogen) atoms. The molecular formula is C18H14N2O3S.